The van der Waals surface area contributed by atoms with Crippen molar-refractivity contribution in [2.45, 2.75) is 6.54 Å². The van der Waals surface area contributed by atoms with Crippen molar-refractivity contribution in [1.29, 1.82) is 0 Å². The molecule has 0 bridgehead atoms. The molecule has 2 aromatic rings. The van der Waals surface area contributed by atoms with Crippen LogP contribution in [-0.4, -0.2) is 37.1 Å². The Morgan fingerprint density at radius 1 is 0.920 bits per heavy atom. The predicted octanol–water partition coefficient (Wildman–Crippen LogP) is 4.68. The van der Waals surface area contributed by atoms with Gasteiger partial charge in [-0.25, -0.2) is 4.79 Å². The molecule has 0 spiro atoms. The van der Waals surface area contributed by atoms with E-state index >= 15 is 0 Å². The van der Waals surface area contributed by atoms with Crippen LogP contribution in [0.5, 0.6) is 0 Å². The number of hydrogen-bond donors (Lipinski definition) is 1. The molecular formula is C18H18Cl3N3O. The van der Waals surface area contributed by atoms with Gasteiger partial charge in [-0.15, -0.1) is 0 Å². The SMILES string of the molecule is O=C(NCc1ccc(Cl)cc1)N1CCN(c2ccc(Cl)cc2Cl)CC1. The fraction of sp³-hybridized carbons (Fsp3) is 0.278. The number of hydrogen-bond acceptors (Lipinski definition) is 2. The Labute approximate surface area is 162 Å². The van der Waals surface area contributed by atoms with Gasteiger partial charge in [-0.2, -0.15) is 0 Å². The van der Waals surface area contributed by atoms with Crippen LogP contribution in [0.15, 0.2) is 42.5 Å². The number of nitrogens with one attached hydrogen (secondary N) is 1. The van der Waals surface area contributed by atoms with Gasteiger partial charge in [-0.3, -0.25) is 0 Å². The van der Waals surface area contributed by atoms with E-state index in [2.05, 4.69) is 10.2 Å². The monoisotopic (exact) mass is 397 g/mol. The fourth-order valence-electron chi connectivity index (χ4n) is 2.78. The molecule has 4 nitrogen and oxygen atoms in total. The minimum Gasteiger partial charge on any atom is -0.367 e. The van der Waals surface area contributed by atoms with E-state index in [-0.39, 0.29) is 6.03 Å². The van der Waals surface area contributed by atoms with Crippen molar-refractivity contribution in [3.05, 3.63) is 63.1 Å². The van der Waals surface area contributed by atoms with E-state index in [9.17, 15) is 4.79 Å². The standard InChI is InChI=1S/C18H18Cl3N3O/c19-14-3-1-13(2-4-14)12-22-18(25)24-9-7-23(8-10-24)17-6-5-15(20)11-16(17)21/h1-6,11H,7-10,12H2,(H,22,25). The van der Waals surface area contributed by atoms with Crippen LogP contribution in [0, 0.1) is 0 Å². The molecule has 0 saturated carbocycles. The molecule has 1 N–H and O–H groups in total. The van der Waals surface area contributed by atoms with Crippen molar-refractivity contribution in [3.8, 4) is 0 Å². The highest BCUT2D eigenvalue weighted by Gasteiger charge is 2.22. The minimum absolute atomic E-state index is 0.0585. The highest BCUT2D eigenvalue weighted by molar-refractivity contribution is 6.36. The maximum Gasteiger partial charge on any atom is 0.317 e. The van der Waals surface area contributed by atoms with Crippen molar-refractivity contribution >= 4 is 46.5 Å². The van der Waals surface area contributed by atoms with Crippen LogP contribution in [0.1, 0.15) is 5.56 Å². The highest BCUT2D eigenvalue weighted by Crippen LogP contribution is 2.29. The van der Waals surface area contributed by atoms with E-state index in [1.54, 1.807) is 6.07 Å². The molecule has 0 aromatic heterocycles. The second kappa shape index (κ2) is 8.17. The topological polar surface area (TPSA) is 35.6 Å². The lowest BCUT2D eigenvalue weighted by Crippen LogP contribution is -2.51. The third-order valence-corrected chi connectivity index (χ3v) is 4.96. The number of rotatable bonds is 3. The highest BCUT2D eigenvalue weighted by atomic mass is 35.5. The number of urea groups is 1. The summed E-state index contributed by atoms with van der Waals surface area (Å²) in [7, 11) is 0. The number of piperazine rings is 1. The van der Waals surface area contributed by atoms with Crippen molar-refractivity contribution in [1.82, 2.24) is 10.2 Å². The summed E-state index contributed by atoms with van der Waals surface area (Å²) in [5, 5.41) is 4.88. The summed E-state index contributed by atoms with van der Waals surface area (Å²) < 4.78 is 0. The zero-order valence-electron chi connectivity index (χ0n) is 13.5. The summed E-state index contributed by atoms with van der Waals surface area (Å²) in [6, 6.07) is 12.9. The maximum absolute atomic E-state index is 12.3. The van der Waals surface area contributed by atoms with Crippen LogP contribution >= 0.6 is 34.8 Å². The van der Waals surface area contributed by atoms with Crippen molar-refractivity contribution in [2.24, 2.45) is 0 Å². The predicted molar refractivity (Wildman–Crippen MR) is 104 cm³/mol. The van der Waals surface area contributed by atoms with E-state index in [4.69, 9.17) is 34.8 Å². The molecule has 0 aliphatic carbocycles. The molecule has 0 radical (unpaired) electrons. The van der Waals surface area contributed by atoms with Crippen LogP contribution in [-0.2, 0) is 6.54 Å². The summed E-state index contributed by atoms with van der Waals surface area (Å²) >= 11 is 18.1. The average molecular weight is 399 g/mol. The summed E-state index contributed by atoms with van der Waals surface area (Å²) in [5.74, 6) is 0. The van der Waals surface area contributed by atoms with Gasteiger partial charge in [-0.1, -0.05) is 46.9 Å². The van der Waals surface area contributed by atoms with Gasteiger partial charge in [0.25, 0.3) is 0 Å². The second-order valence-electron chi connectivity index (χ2n) is 5.86. The Balaban J connectivity index is 1.51. The van der Waals surface area contributed by atoms with Gasteiger partial charge in [0.15, 0.2) is 0 Å². The molecule has 1 aliphatic heterocycles. The molecule has 2 amide bonds. The van der Waals surface area contributed by atoms with Gasteiger partial charge in [-0.05, 0) is 35.9 Å². The molecule has 2 aromatic carbocycles. The van der Waals surface area contributed by atoms with Crippen molar-refractivity contribution in [2.75, 3.05) is 31.1 Å². The smallest absolute Gasteiger partial charge is 0.317 e. The van der Waals surface area contributed by atoms with E-state index in [1.165, 1.54) is 0 Å². The largest absolute Gasteiger partial charge is 0.367 e. The summed E-state index contributed by atoms with van der Waals surface area (Å²) in [6.07, 6.45) is 0. The number of carbonyl (C=O) groups excluding carboxylic acids is 1. The Kier molecular flexibility index (Phi) is 5.94. The number of halogens is 3. The van der Waals surface area contributed by atoms with Crippen molar-refractivity contribution in [3.63, 3.8) is 0 Å². The molecule has 7 heteroatoms. The van der Waals surface area contributed by atoms with Crippen LogP contribution < -0.4 is 10.2 Å². The summed E-state index contributed by atoms with van der Waals surface area (Å²) in [6.45, 7) is 3.24. The lowest BCUT2D eigenvalue weighted by molar-refractivity contribution is 0.194. The van der Waals surface area contributed by atoms with Crippen LogP contribution in [0.4, 0.5) is 10.5 Å². The minimum atomic E-state index is -0.0585. The van der Waals surface area contributed by atoms with Crippen LogP contribution in [0.25, 0.3) is 0 Å². The normalized spacial score (nSPS) is 14.5. The molecule has 25 heavy (non-hydrogen) atoms. The lowest BCUT2D eigenvalue weighted by atomic mass is 10.2. The van der Waals surface area contributed by atoms with E-state index in [0.29, 0.717) is 34.7 Å². The molecular weight excluding hydrogens is 381 g/mol. The first-order chi connectivity index (χ1) is 12.0. The molecule has 0 atom stereocenters. The molecule has 3 rings (SSSR count). The molecule has 0 unspecified atom stereocenters. The number of amides is 2. The third kappa shape index (κ3) is 4.72. The maximum atomic E-state index is 12.3. The first kappa shape index (κ1) is 18.2. The van der Waals surface area contributed by atoms with Gasteiger partial charge in [0, 0.05) is 42.8 Å². The molecule has 1 fully saturated rings. The third-order valence-electron chi connectivity index (χ3n) is 4.17. The quantitative estimate of drug-likeness (QED) is 0.815. The average Bonchev–Trinajstić information content (AvgIpc) is 2.61. The zero-order chi connectivity index (χ0) is 17.8. The van der Waals surface area contributed by atoms with Gasteiger partial charge in [0.1, 0.15) is 0 Å². The van der Waals surface area contributed by atoms with E-state index in [0.717, 1.165) is 24.3 Å². The molecule has 1 heterocycles. The van der Waals surface area contributed by atoms with E-state index < -0.39 is 0 Å². The second-order valence-corrected chi connectivity index (χ2v) is 7.14. The number of carbonyl (C=O) groups is 1. The lowest BCUT2D eigenvalue weighted by Gasteiger charge is -2.36. The molecule has 1 aliphatic rings. The van der Waals surface area contributed by atoms with Gasteiger partial charge in [0.2, 0.25) is 0 Å². The number of nitrogens with zero attached hydrogens (tertiary/aromatic N) is 2. The van der Waals surface area contributed by atoms with Gasteiger partial charge >= 0.3 is 6.03 Å². The Morgan fingerprint density at radius 3 is 2.20 bits per heavy atom. The van der Waals surface area contributed by atoms with Crippen molar-refractivity contribution < 1.29 is 4.79 Å². The number of anilines is 1. The van der Waals surface area contributed by atoms with Gasteiger partial charge in [0.05, 0.1) is 10.7 Å². The van der Waals surface area contributed by atoms with Gasteiger partial charge < -0.3 is 15.1 Å². The fourth-order valence-corrected chi connectivity index (χ4v) is 3.43. The first-order valence-electron chi connectivity index (χ1n) is 8.00. The Bertz CT molecular complexity index is 744. The summed E-state index contributed by atoms with van der Waals surface area (Å²) in [5.41, 5.74) is 1.97. The van der Waals surface area contributed by atoms with Crippen LogP contribution in [0.2, 0.25) is 15.1 Å². The summed E-state index contributed by atoms with van der Waals surface area (Å²) in [4.78, 5) is 16.3. The Hall–Kier alpha value is -1.62. The molecule has 132 valence electrons. The number of benzene rings is 2. The molecule has 1 saturated heterocycles. The Morgan fingerprint density at radius 2 is 1.56 bits per heavy atom. The van der Waals surface area contributed by atoms with E-state index in [1.807, 2.05) is 41.3 Å². The van der Waals surface area contributed by atoms with Crippen LogP contribution in [0.3, 0.4) is 0 Å². The first-order valence-corrected chi connectivity index (χ1v) is 9.13. The zero-order valence-corrected chi connectivity index (χ0v) is 15.8.